The molecule has 1 heterocycles. The van der Waals surface area contributed by atoms with E-state index in [4.69, 9.17) is 19.2 Å². The molecule has 0 unspecified atom stereocenters. The lowest BCUT2D eigenvalue weighted by Gasteiger charge is -2.30. The average Bonchev–Trinajstić information content (AvgIpc) is 2.66. The quantitative estimate of drug-likeness (QED) is 0.721. The Balaban J connectivity index is 2.02. The van der Waals surface area contributed by atoms with Crippen LogP contribution < -0.4 is 14.2 Å². The first-order valence-electron chi connectivity index (χ1n) is 8.88. The second-order valence-electron chi connectivity index (χ2n) is 7.21. The lowest BCUT2D eigenvalue weighted by molar-refractivity contribution is 0.0997. The fourth-order valence-electron chi connectivity index (χ4n) is 3.52. The van der Waals surface area contributed by atoms with Crippen LogP contribution in [0.2, 0.25) is 0 Å². The molecule has 0 aliphatic carbocycles. The van der Waals surface area contributed by atoms with Gasteiger partial charge in [0.1, 0.15) is 5.75 Å². The summed E-state index contributed by atoms with van der Waals surface area (Å²) in [7, 11) is 4.80. The number of methoxy groups -OCH3 is 3. The Hall–Kier alpha value is -2.82. The summed E-state index contributed by atoms with van der Waals surface area (Å²) in [6.45, 7) is 4.14. The molecule has 1 aliphatic heterocycles. The fraction of sp³-hybridized carbons (Fsp3) is 0.364. The van der Waals surface area contributed by atoms with Crippen LogP contribution in [0.25, 0.3) is 0 Å². The highest BCUT2D eigenvalue weighted by Crippen LogP contribution is 2.37. The number of fused-ring (bicyclic) bond motifs is 1. The van der Waals surface area contributed by atoms with Gasteiger partial charge in [0, 0.05) is 5.56 Å². The zero-order valence-electron chi connectivity index (χ0n) is 16.5. The molecule has 0 N–H and O–H groups in total. The second kappa shape index (κ2) is 7.43. The van der Waals surface area contributed by atoms with Crippen LogP contribution in [-0.2, 0) is 6.42 Å². The number of rotatable bonds is 6. The maximum Gasteiger partial charge on any atom is 0.172 e. The van der Waals surface area contributed by atoms with E-state index in [1.807, 2.05) is 24.3 Å². The summed E-state index contributed by atoms with van der Waals surface area (Å²) in [4.78, 5) is 17.8. The van der Waals surface area contributed by atoms with Crippen molar-refractivity contribution in [1.82, 2.24) is 0 Å². The van der Waals surface area contributed by atoms with Crippen LogP contribution >= 0.6 is 0 Å². The molecular weight excluding hydrogens is 342 g/mol. The van der Waals surface area contributed by atoms with Gasteiger partial charge in [-0.15, -0.1) is 0 Å². The van der Waals surface area contributed by atoms with Gasteiger partial charge < -0.3 is 14.2 Å². The third-order valence-electron chi connectivity index (χ3n) is 4.72. The molecule has 0 saturated heterocycles. The number of benzene rings is 2. The van der Waals surface area contributed by atoms with Gasteiger partial charge in [-0.2, -0.15) is 0 Å². The van der Waals surface area contributed by atoms with Crippen LogP contribution in [-0.4, -0.2) is 38.4 Å². The molecule has 0 spiro atoms. The third-order valence-corrected chi connectivity index (χ3v) is 4.72. The zero-order valence-corrected chi connectivity index (χ0v) is 16.5. The monoisotopic (exact) mass is 367 g/mol. The molecular formula is C22H25NO4. The predicted octanol–water partition coefficient (Wildman–Crippen LogP) is 4.11. The molecule has 0 atom stereocenters. The largest absolute Gasteiger partial charge is 0.496 e. The number of hydrogen-bond donors (Lipinski definition) is 0. The van der Waals surface area contributed by atoms with Crippen molar-refractivity contribution in [1.29, 1.82) is 0 Å². The van der Waals surface area contributed by atoms with E-state index in [2.05, 4.69) is 13.8 Å². The van der Waals surface area contributed by atoms with Gasteiger partial charge in [0.05, 0.1) is 44.6 Å². The highest BCUT2D eigenvalue weighted by atomic mass is 16.5. The summed E-state index contributed by atoms with van der Waals surface area (Å²) in [6.07, 6.45) is 0.974. The second-order valence-corrected chi connectivity index (χ2v) is 7.21. The van der Waals surface area contributed by atoms with E-state index in [0.717, 1.165) is 23.3 Å². The molecule has 0 fully saturated rings. The molecule has 2 aromatic rings. The van der Waals surface area contributed by atoms with Crippen LogP contribution in [0.3, 0.4) is 0 Å². The SMILES string of the molecule is COc1cc2c(cc1OC)C(CC(=O)c1ccccc1OC)=NC(C)(C)C2. The van der Waals surface area contributed by atoms with Crippen molar-refractivity contribution in [3.63, 3.8) is 0 Å². The topological polar surface area (TPSA) is 57.1 Å². The van der Waals surface area contributed by atoms with E-state index in [9.17, 15) is 4.79 Å². The molecule has 0 saturated carbocycles. The summed E-state index contributed by atoms with van der Waals surface area (Å²) in [5.41, 5.74) is 3.08. The Bertz CT molecular complexity index is 899. The van der Waals surface area contributed by atoms with E-state index in [-0.39, 0.29) is 17.7 Å². The summed E-state index contributed by atoms with van der Waals surface area (Å²) in [5, 5.41) is 0. The minimum atomic E-state index is -0.289. The lowest BCUT2D eigenvalue weighted by atomic mass is 9.85. The smallest absolute Gasteiger partial charge is 0.172 e. The number of para-hydroxylation sites is 1. The van der Waals surface area contributed by atoms with Crippen molar-refractivity contribution in [3.05, 3.63) is 53.1 Å². The summed E-state index contributed by atoms with van der Waals surface area (Å²) in [5.74, 6) is 1.87. The van der Waals surface area contributed by atoms with Crippen LogP contribution in [0.1, 0.15) is 41.8 Å². The van der Waals surface area contributed by atoms with Gasteiger partial charge in [0.15, 0.2) is 17.3 Å². The number of ether oxygens (including phenoxy) is 3. The number of ketones is 1. The van der Waals surface area contributed by atoms with Crippen LogP contribution in [0, 0.1) is 0 Å². The zero-order chi connectivity index (χ0) is 19.6. The number of nitrogens with zero attached hydrogens (tertiary/aromatic N) is 1. The van der Waals surface area contributed by atoms with Gasteiger partial charge in [-0.3, -0.25) is 9.79 Å². The minimum Gasteiger partial charge on any atom is -0.496 e. The van der Waals surface area contributed by atoms with Crippen molar-refractivity contribution in [3.8, 4) is 17.2 Å². The first-order chi connectivity index (χ1) is 12.9. The number of hydrogen-bond acceptors (Lipinski definition) is 5. The van der Waals surface area contributed by atoms with Crippen molar-refractivity contribution < 1.29 is 19.0 Å². The summed E-state index contributed by atoms with van der Waals surface area (Å²) >= 11 is 0. The molecule has 142 valence electrons. The fourth-order valence-corrected chi connectivity index (χ4v) is 3.52. The molecule has 5 nitrogen and oxygen atoms in total. The number of aliphatic imine (C=N–C) groups is 1. The third kappa shape index (κ3) is 3.82. The maximum absolute atomic E-state index is 13.0. The first kappa shape index (κ1) is 19.0. The van der Waals surface area contributed by atoms with Crippen LogP contribution in [0.4, 0.5) is 0 Å². The Morgan fingerprint density at radius 3 is 2.30 bits per heavy atom. The number of carbonyl (C=O) groups is 1. The molecule has 0 radical (unpaired) electrons. The highest BCUT2D eigenvalue weighted by molar-refractivity contribution is 6.17. The van der Waals surface area contributed by atoms with Crippen molar-refractivity contribution in [2.75, 3.05) is 21.3 Å². The summed E-state index contributed by atoms with van der Waals surface area (Å²) in [6, 6.07) is 11.2. The molecule has 0 amide bonds. The van der Waals surface area contributed by atoms with Crippen molar-refractivity contribution >= 4 is 11.5 Å². The molecule has 27 heavy (non-hydrogen) atoms. The molecule has 5 heteroatoms. The Labute approximate surface area is 160 Å². The average molecular weight is 367 g/mol. The Morgan fingerprint density at radius 2 is 1.63 bits per heavy atom. The first-order valence-corrected chi connectivity index (χ1v) is 8.88. The molecule has 2 aromatic carbocycles. The number of Topliss-reactive ketones (excluding diaryl/α,β-unsaturated/α-hetero) is 1. The van der Waals surface area contributed by atoms with Crippen molar-refractivity contribution in [2.24, 2.45) is 4.99 Å². The van der Waals surface area contributed by atoms with Gasteiger partial charge in [-0.05, 0) is 50.1 Å². The highest BCUT2D eigenvalue weighted by Gasteiger charge is 2.30. The van der Waals surface area contributed by atoms with Crippen LogP contribution in [0.15, 0.2) is 41.4 Å². The standard InChI is InChI=1S/C22H25NO4/c1-22(2)13-14-10-20(26-4)21(27-5)11-16(14)17(23-22)12-18(24)15-8-6-7-9-19(15)25-3/h6-11H,12-13H2,1-5H3. The molecule has 0 bridgehead atoms. The van der Waals surface area contributed by atoms with E-state index in [0.29, 0.717) is 22.8 Å². The summed E-state index contributed by atoms with van der Waals surface area (Å²) < 4.78 is 16.2. The van der Waals surface area contributed by atoms with E-state index in [1.54, 1.807) is 33.5 Å². The number of carbonyl (C=O) groups excluding carboxylic acids is 1. The van der Waals surface area contributed by atoms with Crippen LogP contribution in [0.5, 0.6) is 17.2 Å². The molecule has 3 rings (SSSR count). The Morgan fingerprint density at radius 1 is 1.00 bits per heavy atom. The normalized spacial score (nSPS) is 14.8. The van der Waals surface area contributed by atoms with E-state index >= 15 is 0 Å². The van der Waals surface area contributed by atoms with E-state index in [1.165, 1.54) is 0 Å². The van der Waals surface area contributed by atoms with Crippen molar-refractivity contribution in [2.45, 2.75) is 32.2 Å². The minimum absolute atomic E-state index is 0.0235. The van der Waals surface area contributed by atoms with Gasteiger partial charge in [0.25, 0.3) is 0 Å². The lowest BCUT2D eigenvalue weighted by Crippen LogP contribution is -2.30. The molecule has 0 aromatic heterocycles. The van der Waals surface area contributed by atoms with Gasteiger partial charge >= 0.3 is 0 Å². The van der Waals surface area contributed by atoms with Gasteiger partial charge in [-0.1, -0.05) is 12.1 Å². The predicted molar refractivity (Wildman–Crippen MR) is 106 cm³/mol. The Kier molecular flexibility index (Phi) is 5.22. The molecule has 1 aliphatic rings. The van der Waals surface area contributed by atoms with E-state index < -0.39 is 0 Å². The van der Waals surface area contributed by atoms with Gasteiger partial charge in [0.2, 0.25) is 0 Å². The maximum atomic E-state index is 13.0. The van der Waals surface area contributed by atoms with Gasteiger partial charge in [-0.25, -0.2) is 0 Å².